The molecule has 0 aliphatic rings. The molecule has 1 rings (SSSR count). The molecule has 5 heteroatoms. The van der Waals surface area contributed by atoms with Crippen molar-refractivity contribution in [3.63, 3.8) is 0 Å². The lowest BCUT2D eigenvalue weighted by molar-refractivity contribution is 0.335. The second-order valence-corrected chi connectivity index (χ2v) is 5.78. The van der Waals surface area contributed by atoms with Crippen molar-refractivity contribution in [2.45, 2.75) is 18.0 Å². The zero-order chi connectivity index (χ0) is 12.2. The molecule has 0 bridgehead atoms. The van der Waals surface area contributed by atoms with Gasteiger partial charge >= 0.3 is 0 Å². The van der Waals surface area contributed by atoms with Crippen LogP contribution in [0, 0.1) is 0 Å². The van der Waals surface area contributed by atoms with Crippen molar-refractivity contribution in [1.29, 1.82) is 0 Å². The van der Waals surface area contributed by atoms with Gasteiger partial charge in [-0.3, -0.25) is 0 Å². The Labute approximate surface area is 95.6 Å². The van der Waals surface area contributed by atoms with E-state index in [4.69, 9.17) is 0 Å². The lowest BCUT2D eigenvalue weighted by Crippen LogP contribution is -2.14. The van der Waals surface area contributed by atoms with E-state index in [9.17, 15) is 12.8 Å². The number of likely N-dealkylation sites (N-methyl/N-ethyl adjacent to an activating group) is 1. The van der Waals surface area contributed by atoms with Gasteiger partial charge in [0.1, 0.15) is 6.17 Å². The van der Waals surface area contributed by atoms with Gasteiger partial charge < -0.3 is 5.32 Å². The molecule has 3 nitrogen and oxygen atoms in total. The maximum absolute atomic E-state index is 13.4. The van der Waals surface area contributed by atoms with Gasteiger partial charge in [-0.1, -0.05) is 19.1 Å². The minimum Gasteiger partial charge on any atom is -0.317 e. The molecular weight excluding hydrogens is 229 g/mol. The van der Waals surface area contributed by atoms with Crippen molar-refractivity contribution in [3.8, 4) is 0 Å². The van der Waals surface area contributed by atoms with Crippen LogP contribution in [0.4, 0.5) is 4.39 Å². The van der Waals surface area contributed by atoms with Crippen molar-refractivity contribution in [1.82, 2.24) is 5.32 Å². The van der Waals surface area contributed by atoms with Gasteiger partial charge in [0.05, 0.1) is 10.6 Å². The minimum absolute atomic E-state index is 0.0575. The van der Waals surface area contributed by atoms with Gasteiger partial charge in [-0.05, 0) is 24.7 Å². The van der Waals surface area contributed by atoms with Crippen LogP contribution in [-0.4, -0.2) is 27.8 Å². The Morgan fingerprint density at radius 2 is 1.88 bits per heavy atom. The fraction of sp³-hybridized carbons (Fsp3) is 0.455. The number of hydrogen-bond donors (Lipinski definition) is 1. The van der Waals surface area contributed by atoms with Gasteiger partial charge in [-0.25, -0.2) is 12.8 Å². The van der Waals surface area contributed by atoms with E-state index in [0.717, 1.165) is 0 Å². The molecule has 0 spiro atoms. The molecule has 0 amide bonds. The number of rotatable bonds is 5. The summed E-state index contributed by atoms with van der Waals surface area (Å²) < 4.78 is 36.4. The summed E-state index contributed by atoms with van der Waals surface area (Å²) in [6.45, 7) is 1.81. The van der Waals surface area contributed by atoms with E-state index in [1.54, 1.807) is 14.0 Å². The Balaban J connectivity index is 2.91. The summed E-state index contributed by atoms with van der Waals surface area (Å²) >= 11 is 0. The quantitative estimate of drug-likeness (QED) is 0.859. The Morgan fingerprint density at radius 1 is 1.31 bits per heavy atom. The monoisotopic (exact) mass is 245 g/mol. The topological polar surface area (TPSA) is 46.2 Å². The van der Waals surface area contributed by atoms with Crippen LogP contribution in [0.3, 0.4) is 0 Å². The Morgan fingerprint density at radius 3 is 2.31 bits per heavy atom. The lowest BCUT2D eigenvalue weighted by atomic mass is 10.1. The molecule has 0 aliphatic heterocycles. The van der Waals surface area contributed by atoms with Crippen LogP contribution in [0.2, 0.25) is 0 Å². The molecular formula is C11H16FNO2S. The van der Waals surface area contributed by atoms with Crippen molar-refractivity contribution < 1.29 is 12.8 Å². The Kier molecular flexibility index (Phi) is 4.44. The summed E-state index contributed by atoms with van der Waals surface area (Å²) in [6.07, 6.45) is -1.11. The van der Waals surface area contributed by atoms with Gasteiger partial charge in [0.2, 0.25) is 0 Å². The molecule has 1 N–H and O–H groups in total. The predicted molar refractivity (Wildman–Crippen MR) is 61.9 cm³/mol. The number of benzene rings is 1. The minimum atomic E-state index is -3.19. The highest BCUT2D eigenvalue weighted by molar-refractivity contribution is 7.91. The maximum Gasteiger partial charge on any atom is 0.178 e. The first-order valence-electron chi connectivity index (χ1n) is 5.12. The van der Waals surface area contributed by atoms with E-state index in [-0.39, 0.29) is 17.2 Å². The van der Waals surface area contributed by atoms with Crippen LogP contribution in [0.25, 0.3) is 0 Å². The molecule has 1 aromatic rings. The molecule has 0 saturated heterocycles. The van der Waals surface area contributed by atoms with Crippen molar-refractivity contribution in [2.24, 2.45) is 0 Å². The molecule has 1 unspecified atom stereocenters. The second-order valence-electron chi connectivity index (χ2n) is 3.50. The van der Waals surface area contributed by atoms with E-state index < -0.39 is 16.0 Å². The first-order chi connectivity index (χ1) is 7.51. The molecule has 0 aromatic heterocycles. The zero-order valence-corrected chi connectivity index (χ0v) is 10.2. The molecule has 1 atom stereocenters. The summed E-state index contributed by atoms with van der Waals surface area (Å²) in [4.78, 5) is 0.246. The zero-order valence-electron chi connectivity index (χ0n) is 9.40. The SMILES string of the molecule is CCS(=O)(=O)c1ccc(C(F)CNC)cc1. The van der Waals surface area contributed by atoms with Crippen LogP contribution in [0.1, 0.15) is 18.7 Å². The molecule has 16 heavy (non-hydrogen) atoms. The predicted octanol–water partition coefficient (Wildman–Crippen LogP) is 1.71. The average molecular weight is 245 g/mol. The first-order valence-corrected chi connectivity index (χ1v) is 6.78. The van der Waals surface area contributed by atoms with E-state index in [1.807, 2.05) is 0 Å². The van der Waals surface area contributed by atoms with Gasteiger partial charge in [0.15, 0.2) is 9.84 Å². The normalized spacial score (nSPS) is 13.7. The van der Waals surface area contributed by atoms with Gasteiger partial charge in [-0.15, -0.1) is 0 Å². The number of hydrogen-bond acceptors (Lipinski definition) is 3. The summed E-state index contributed by atoms with van der Waals surface area (Å²) in [6, 6.07) is 5.95. The Hall–Kier alpha value is -0.940. The standard InChI is InChI=1S/C11H16FNO2S/c1-3-16(14,15)10-6-4-9(5-7-10)11(12)8-13-2/h4-7,11,13H,3,8H2,1-2H3. The third kappa shape index (κ3) is 3.02. The fourth-order valence-corrected chi connectivity index (χ4v) is 2.23. The summed E-state index contributed by atoms with van der Waals surface area (Å²) in [5.74, 6) is 0.0575. The largest absolute Gasteiger partial charge is 0.317 e. The molecule has 0 heterocycles. The van der Waals surface area contributed by atoms with Crippen LogP contribution in [0.15, 0.2) is 29.2 Å². The van der Waals surface area contributed by atoms with E-state index >= 15 is 0 Å². The Bertz CT molecular complexity index is 428. The van der Waals surface area contributed by atoms with Crippen LogP contribution >= 0.6 is 0 Å². The number of halogens is 1. The summed E-state index contributed by atoms with van der Waals surface area (Å²) in [5, 5.41) is 2.73. The lowest BCUT2D eigenvalue weighted by Gasteiger charge is -2.08. The molecule has 0 radical (unpaired) electrons. The van der Waals surface area contributed by atoms with Crippen LogP contribution in [0.5, 0.6) is 0 Å². The number of nitrogens with one attached hydrogen (secondary N) is 1. The van der Waals surface area contributed by atoms with Crippen LogP contribution in [-0.2, 0) is 9.84 Å². The molecule has 0 fully saturated rings. The van der Waals surface area contributed by atoms with Gasteiger partial charge in [0, 0.05) is 6.54 Å². The fourth-order valence-electron chi connectivity index (χ4n) is 1.35. The number of sulfone groups is 1. The summed E-state index contributed by atoms with van der Waals surface area (Å²) in [5.41, 5.74) is 0.490. The first kappa shape index (κ1) is 13.1. The number of alkyl halides is 1. The van der Waals surface area contributed by atoms with Crippen molar-refractivity contribution in [2.75, 3.05) is 19.3 Å². The van der Waals surface area contributed by atoms with Crippen LogP contribution < -0.4 is 5.32 Å². The molecule has 0 aliphatic carbocycles. The van der Waals surface area contributed by atoms with Crippen molar-refractivity contribution >= 4 is 9.84 Å². The third-order valence-corrected chi connectivity index (χ3v) is 4.11. The van der Waals surface area contributed by atoms with Gasteiger partial charge in [0.25, 0.3) is 0 Å². The molecule has 90 valence electrons. The van der Waals surface area contributed by atoms with E-state index in [2.05, 4.69) is 5.32 Å². The molecule has 0 saturated carbocycles. The second kappa shape index (κ2) is 5.41. The third-order valence-electron chi connectivity index (χ3n) is 2.36. The molecule has 1 aromatic carbocycles. The smallest absolute Gasteiger partial charge is 0.178 e. The van der Waals surface area contributed by atoms with E-state index in [1.165, 1.54) is 24.3 Å². The van der Waals surface area contributed by atoms with Crippen molar-refractivity contribution in [3.05, 3.63) is 29.8 Å². The maximum atomic E-state index is 13.4. The van der Waals surface area contributed by atoms with E-state index in [0.29, 0.717) is 5.56 Å². The highest BCUT2D eigenvalue weighted by atomic mass is 32.2. The average Bonchev–Trinajstić information content (AvgIpc) is 2.29. The van der Waals surface area contributed by atoms with Gasteiger partial charge in [-0.2, -0.15) is 0 Å². The summed E-state index contributed by atoms with van der Waals surface area (Å²) in [7, 11) is -1.52. The highest BCUT2D eigenvalue weighted by Crippen LogP contribution is 2.19. The highest BCUT2D eigenvalue weighted by Gasteiger charge is 2.13.